The van der Waals surface area contributed by atoms with E-state index in [1.54, 1.807) is 0 Å². The predicted octanol–water partition coefficient (Wildman–Crippen LogP) is 15.7. The summed E-state index contributed by atoms with van der Waals surface area (Å²) in [5.41, 5.74) is 15.1. The van der Waals surface area contributed by atoms with Crippen LogP contribution in [0.25, 0.3) is 105 Å². The summed E-state index contributed by atoms with van der Waals surface area (Å²) < 4.78 is 7.39. The highest BCUT2D eigenvalue weighted by molar-refractivity contribution is 7.19. The first-order valence-corrected chi connectivity index (χ1v) is 28.2. The maximum atomic E-state index is 2.50. The fourth-order valence-corrected chi connectivity index (χ4v) is 17.3. The van der Waals surface area contributed by atoms with E-state index >= 15 is 0 Å². The molecule has 356 valence electrons. The highest BCUT2D eigenvalue weighted by atomic mass is 28.3. The lowest BCUT2D eigenvalue weighted by atomic mass is 10.0. The van der Waals surface area contributed by atoms with Gasteiger partial charge in [0.05, 0.1) is 33.1 Å². The van der Waals surface area contributed by atoms with Crippen molar-refractivity contribution in [3.05, 3.63) is 297 Å². The van der Waals surface area contributed by atoms with E-state index < -0.39 is 8.07 Å². The molecule has 76 heavy (non-hydrogen) atoms. The van der Waals surface area contributed by atoms with Gasteiger partial charge in [-0.05, 0) is 104 Å². The third-order valence-electron chi connectivity index (χ3n) is 16.0. The summed E-state index contributed by atoms with van der Waals surface area (Å²) in [6.07, 6.45) is 0. The first-order chi connectivity index (χ1) is 37.7. The molecule has 4 heteroatoms. The lowest BCUT2D eigenvalue weighted by Crippen LogP contribution is -2.74. The van der Waals surface area contributed by atoms with E-state index in [4.69, 9.17) is 0 Å². The number of benzene rings is 12. The van der Waals surface area contributed by atoms with Crippen LogP contribution in [0.4, 0.5) is 0 Å². The SMILES string of the molecule is c1ccc(-c2ccc([Si](c3ccccc3)(c3ccccc3)c3ccc(-c4cc(-n5c6ccccc6c6ccccc65)cc(-n5c6ccccc6c6ccc(-n7c8ccccc8c8ccccc87)cc65)c4)cc3)cc2)cc1. The van der Waals surface area contributed by atoms with E-state index in [2.05, 4.69) is 311 Å². The molecule has 0 aliphatic heterocycles. The Balaban J connectivity index is 0.967. The Labute approximate surface area is 442 Å². The number of rotatable bonds is 9. The van der Waals surface area contributed by atoms with Crippen molar-refractivity contribution in [3.8, 4) is 39.3 Å². The van der Waals surface area contributed by atoms with Crippen LogP contribution in [0.15, 0.2) is 297 Å². The quantitative estimate of drug-likeness (QED) is 0.101. The summed E-state index contributed by atoms with van der Waals surface area (Å²) in [4.78, 5) is 0. The molecule has 3 heterocycles. The van der Waals surface area contributed by atoms with Gasteiger partial charge in [0.25, 0.3) is 0 Å². The summed E-state index contributed by atoms with van der Waals surface area (Å²) in [5, 5.41) is 12.8. The zero-order valence-electron chi connectivity index (χ0n) is 41.6. The standard InChI is InChI=1S/C72H49N3Si/c1-4-20-50(21-5-1)51-36-41-59(42-37-51)76(57-22-6-2-7-23-57,58-24-8-3-9-25-58)60-43-38-52(39-44-60)53-46-55(74-69-33-17-12-28-63(69)64-29-13-18-34-70(64)74)48-56(47-53)75-71-35-19-14-30-65(71)66-45-40-54(49-72(66)75)73-67-31-15-10-26-61(67)62-27-11-16-32-68(62)73/h1-49H. The van der Waals surface area contributed by atoms with E-state index in [1.165, 1.54) is 86.3 Å². The maximum Gasteiger partial charge on any atom is 0.179 e. The van der Waals surface area contributed by atoms with Gasteiger partial charge in [0.15, 0.2) is 8.07 Å². The first-order valence-electron chi connectivity index (χ1n) is 26.2. The van der Waals surface area contributed by atoms with Gasteiger partial charge in [-0.2, -0.15) is 0 Å². The molecular weight excluding hydrogens is 935 g/mol. The first kappa shape index (κ1) is 43.8. The Morgan fingerprint density at radius 3 is 0.908 bits per heavy atom. The van der Waals surface area contributed by atoms with Gasteiger partial charge in [-0.25, -0.2) is 0 Å². The summed E-state index contributed by atoms with van der Waals surface area (Å²) in [6.45, 7) is 0. The topological polar surface area (TPSA) is 14.8 Å². The Hall–Kier alpha value is -9.74. The number of para-hydroxylation sites is 5. The van der Waals surface area contributed by atoms with E-state index in [1.807, 2.05) is 0 Å². The Bertz CT molecular complexity index is 4520. The van der Waals surface area contributed by atoms with Crippen LogP contribution < -0.4 is 20.7 Å². The van der Waals surface area contributed by atoms with Crippen molar-refractivity contribution >= 4 is 94.2 Å². The number of aromatic nitrogens is 3. The molecule has 0 N–H and O–H groups in total. The molecule has 0 radical (unpaired) electrons. The number of hydrogen-bond acceptors (Lipinski definition) is 0. The van der Waals surface area contributed by atoms with Crippen LogP contribution >= 0.6 is 0 Å². The second-order valence-electron chi connectivity index (χ2n) is 20.0. The van der Waals surface area contributed by atoms with Crippen molar-refractivity contribution in [1.82, 2.24) is 13.7 Å². The van der Waals surface area contributed by atoms with Crippen molar-refractivity contribution in [2.45, 2.75) is 0 Å². The summed E-state index contributed by atoms with van der Waals surface area (Å²) >= 11 is 0. The third-order valence-corrected chi connectivity index (χ3v) is 20.8. The van der Waals surface area contributed by atoms with E-state index in [0.29, 0.717) is 0 Å². The second-order valence-corrected chi connectivity index (χ2v) is 23.8. The molecule has 0 amide bonds. The normalized spacial score (nSPS) is 11.9. The molecule has 0 fully saturated rings. The molecule has 0 unspecified atom stereocenters. The Morgan fingerprint density at radius 2 is 0.487 bits per heavy atom. The molecule has 0 bridgehead atoms. The van der Waals surface area contributed by atoms with E-state index in [-0.39, 0.29) is 0 Å². The molecule has 12 aromatic carbocycles. The van der Waals surface area contributed by atoms with Crippen molar-refractivity contribution in [2.24, 2.45) is 0 Å². The fourth-order valence-electron chi connectivity index (χ4n) is 12.6. The minimum absolute atomic E-state index is 1.10. The monoisotopic (exact) mass is 983 g/mol. The maximum absolute atomic E-state index is 2.85. The largest absolute Gasteiger partial charge is 0.309 e. The molecule has 3 aromatic heterocycles. The third kappa shape index (κ3) is 6.81. The number of nitrogens with zero attached hydrogens (tertiary/aromatic N) is 3. The molecule has 0 spiro atoms. The Kier molecular flexibility index (Phi) is 10.2. The van der Waals surface area contributed by atoms with Crippen LogP contribution in [0, 0.1) is 0 Å². The van der Waals surface area contributed by atoms with Gasteiger partial charge in [-0.3, -0.25) is 0 Å². The molecule has 0 saturated carbocycles. The summed E-state index contributed by atoms with van der Waals surface area (Å²) in [7, 11) is -2.85. The fraction of sp³-hybridized carbons (Fsp3) is 0. The smallest absolute Gasteiger partial charge is 0.179 e. The average Bonchev–Trinajstić information content (AvgIpc) is 4.18. The van der Waals surface area contributed by atoms with Gasteiger partial charge in [-0.1, -0.05) is 237 Å². The van der Waals surface area contributed by atoms with Gasteiger partial charge < -0.3 is 13.7 Å². The highest BCUT2D eigenvalue weighted by Gasteiger charge is 2.41. The lowest BCUT2D eigenvalue weighted by molar-refractivity contribution is 1.13. The van der Waals surface area contributed by atoms with Crippen LogP contribution in [0.1, 0.15) is 0 Å². The van der Waals surface area contributed by atoms with Gasteiger partial charge in [-0.15, -0.1) is 0 Å². The van der Waals surface area contributed by atoms with Gasteiger partial charge in [0.2, 0.25) is 0 Å². The number of fused-ring (bicyclic) bond motifs is 9. The van der Waals surface area contributed by atoms with Crippen LogP contribution in [-0.4, -0.2) is 21.8 Å². The molecule has 15 rings (SSSR count). The minimum Gasteiger partial charge on any atom is -0.309 e. The van der Waals surface area contributed by atoms with Crippen LogP contribution in [0.2, 0.25) is 0 Å². The minimum atomic E-state index is -2.85. The Morgan fingerprint density at radius 1 is 0.184 bits per heavy atom. The predicted molar refractivity (Wildman–Crippen MR) is 324 cm³/mol. The lowest BCUT2D eigenvalue weighted by Gasteiger charge is -2.34. The second kappa shape index (κ2) is 17.7. The van der Waals surface area contributed by atoms with Gasteiger partial charge in [0.1, 0.15) is 0 Å². The summed E-state index contributed by atoms with van der Waals surface area (Å²) in [6, 6.07) is 111. The molecule has 15 aromatic rings. The van der Waals surface area contributed by atoms with Crippen molar-refractivity contribution in [1.29, 1.82) is 0 Å². The van der Waals surface area contributed by atoms with Gasteiger partial charge in [0, 0.05) is 49.4 Å². The molecule has 0 atom stereocenters. The van der Waals surface area contributed by atoms with Crippen LogP contribution in [0.5, 0.6) is 0 Å². The van der Waals surface area contributed by atoms with E-state index in [9.17, 15) is 0 Å². The van der Waals surface area contributed by atoms with Gasteiger partial charge >= 0.3 is 0 Å². The number of hydrogen-bond donors (Lipinski definition) is 0. The van der Waals surface area contributed by atoms with E-state index in [0.717, 1.165) is 39.2 Å². The van der Waals surface area contributed by atoms with Crippen molar-refractivity contribution in [3.63, 3.8) is 0 Å². The molecule has 3 nitrogen and oxygen atoms in total. The zero-order valence-corrected chi connectivity index (χ0v) is 42.6. The molecular formula is C72H49N3Si. The van der Waals surface area contributed by atoms with Crippen molar-refractivity contribution in [2.75, 3.05) is 0 Å². The molecule has 0 saturated heterocycles. The van der Waals surface area contributed by atoms with Crippen LogP contribution in [-0.2, 0) is 0 Å². The highest BCUT2D eigenvalue weighted by Crippen LogP contribution is 2.40. The van der Waals surface area contributed by atoms with Crippen LogP contribution in [0.3, 0.4) is 0 Å². The molecule has 0 aliphatic carbocycles. The molecule has 0 aliphatic rings. The summed E-state index contributed by atoms with van der Waals surface area (Å²) in [5.74, 6) is 0. The zero-order chi connectivity index (χ0) is 50.2. The van der Waals surface area contributed by atoms with Crippen molar-refractivity contribution < 1.29 is 0 Å². The average molecular weight is 984 g/mol.